The van der Waals surface area contributed by atoms with Crippen molar-refractivity contribution in [1.82, 2.24) is 0 Å². The summed E-state index contributed by atoms with van der Waals surface area (Å²) in [6, 6.07) is 7.55. The van der Waals surface area contributed by atoms with Crippen molar-refractivity contribution < 1.29 is 14.6 Å². The van der Waals surface area contributed by atoms with Crippen molar-refractivity contribution in [3.63, 3.8) is 0 Å². The molecule has 0 radical (unpaired) electrons. The monoisotopic (exact) mass is 279 g/mol. The van der Waals surface area contributed by atoms with Gasteiger partial charge in [-0.25, -0.2) is 0 Å². The standard InChI is InChI=1S/C16H25NO3/c1-3-4-9-20-10-8-16(12-17,15(18)19)14-7-5-6-13(2)11-14/h5-7,11H,3-4,8-10,12,17H2,1-2H3,(H,18,19). The highest BCUT2D eigenvalue weighted by Gasteiger charge is 2.38. The van der Waals surface area contributed by atoms with Crippen molar-refractivity contribution >= 4 is 5.97 Å². The molecule has 0 saturated heterocycles. The number of hydrogen-bond acceptors (Lipinski definition) is 3. The molecule has 0 aliphatic rings. The van der Waals surface area contributed by atoms with Gasteiger partial charge in [0.1, 0.15) is 5.41 Å². The zero-order valence-corrected chi connectivity index (χ0v) is 12.4. The highest BCUT2D eigenvalue weighted by Crippen LogP contribution is 2.28. The van der Waals surface area contributed by atoms with E-state index in [-0.39, 0.29) is 6.54 Å². The lowest BCUT2D eigenvalue weighted by Crippen LogP contribution is -2.44. The fourth-order valence-electron chi connectivity index (χ4n) is 2.22. The Labute approximate surface area is 120 Å². The van der Waals surface area contributed by atoms with Gasteiger partial charge in [0.25, 0.3) is 0 Å². The molecule has 0 aliphatic heterocycles. The van der Waals surface area contributed by atoms with Gasteiger partial charge in [0.2, 0.25) is 0 Å². The molecule has 20 heavy (non-hydrogen) atoms. The lowest BCUT2D eigenvalue weighted by molar-refractivity contribution is -0.144. The van der Waals surface area contributed by atoms with E-state index in [1.165, 1.54) is 0 Å². The fourth-order valence-corrected chi connectivity index (χ4v) is 2.22. The summed E-state index contributed by atoms with van der Waals surface area (Å²) in [4.78, 5) is 11.7. The number of hydrogen-bond donors (Lipinski definition) is 2. The normalized spacial score (nSPS) is 13.9. The third-order valence-electron chi connectivity index (χ3n) is 3.64. The fraction of sp³-hybridized carbons (Fsp3) is 0.562. The summed E-state index contributed by atoms with van der Waals surface area (Å²) in [6.07, 6.45) is 2.46. The smallest absolute Gasteiger partial charge is 0.315 e. The zero-order valence-electron chi connectivity index (χ0n) is 12.4. The van der Waals surface area contributed by atoms with E-state index >= 15 is 0 Å². The minimum absolute atomic E-state index is 0.0723. The number of rotatable bonds is 9. The van der Waals surface area contributed by atoms with Crippen molar-refractivity contribution in [1.29, 1.82) is 0 Å². The molecule has 0 fully saturated rings. The molecule has 1 atom stereocenters. The van der Waals surface area contributed by atoms with E-state index < -0.39 is 11.4 Å². The molecule has 0 bridgehead atoms. The lowest BCUT2D eigenvalue weighted by Gasteiger charge is -2.28. The van der Waals surface area contributed by atoms with Crippen LogP contribution in [0.1, 0.15) is 37.3 Å². The molecular weight excluding hydrogens is 254 g/mol. The molecule has 1 unspecified atom stereocenters. The van der Waals surface area contributed by atoms with Crippen LogP contribution in [-0.4, -0.2) is 30.8 Å². The van der Waals surface area contributed by atoms with E-state index in [4.69, 9.17) is 10.5 Å². The Morgan fingerprint density at radius 1 is 1.40 bits per heavy atom. The number of aliphatic carboxylic acids is 1. The SMILES string of the molecule is CCCCOCCC(CN)(C(=O)O)c1cccc(C)c1. The maximum Gasteiger partial charge on any atom is 0.315 e. The summed E-state index contributed by atoms with van der Waals surface area (Å²) in [7, 11) is 0. The van der Waals surface area contributed by atoms with Crippen molar-refractivity contribution in [2.45, 2.75) is 38.5 Å². The zero-order chi connectivity index (χ0) is 15.0. The minimum Gasteiger partial charge on any atom is -0.481 e. The third-order valence-corrected chi connectivity index (χ3v) is 3.64. The van der Waals surface area contributed by atoms with Crippen LogP contribution in [0.5, 0.6) is 0 Å². The van der Waals surface area contributed by atoms with E-state index in [2.05, 4.69) is 6.92 Å². The first-order chi connectivity index (χ1) is 9.56. The first-order valence-corrected chi connectivity index (χ1v) is 7.15. The Bertz CT molecular complexity index is 433. The number of carbonyl (C=O) groups is 1. The second kappa shape index (κ2) is 8.02. The number of unbranched alkanes of at least 4 members (excludes halogenated alkanes) is 1. The van der Waals surface area contributed by atoms with Gasteiger partial charge in [0.15, 0.2) is 0 Å². The largest absolute Gasteiger partial charge is 0.481 e. The molecule has 3 N–H and O–H groups in total. The quantitative estimate of drug-likeness (QED) is 0.681. The van der Waals surface area contributed by atoms with Gasteiger partial charge in [-0.05, 0) is 25.3 Å². The Hall–Kier alpha value is -1.39. The molecule has 4 heteroatoms. The molecule has 0 amide bonds. The van der Waals surface area contributed by atoms with Crippen molar-refractivity contribution in [2.24, 2.45) is 5.73 Å². The summed E-state index contributed by atoms with van der Waals surface area (Å²) in [5, 5.41) is 9.64. The van der Waals surface area contributed by atoms with Gasteiger partial charge in [0, 0.05) is 19.8 Å². The van der Waals surface area contributed by atoms with Gasteiger partial charge in [-0.3, -0.25) is 4.79 Å². The predicted octanol–water partition coefficient (Wildman–Crippen LogP) is 2.48. The molecule has 0 heterocycles. The van der Waals surface area contributed by atoms with Crippen LogP contribution in [0.4, 0.5) is 0 Å². The molecule has 0 aromatic heterocycles. The van der Waals surface area contributed by atoms with Crippen LogP contribution in [0.25, 0.3) is 0 Å². The Kier molecular flexibility index (Phi) is 6.68. The van der Waals surface area contributed by atoms with Gasteiger partial charge >= 0.3 is 5.97 Å². The summed E-state index contributed by atoms with van der Waals surface area (Å²) < 4.78 is 5.51. The number of benzene rings is 1. The van der Waals surface area contributed by atoms with E-state index in [0.29, 0.717) is 19.6 Å². The molecule has 4 nitrogen and oxygen atoms in total. The highest BCUT2D eigenvalue weighted by molar-refractivity contribution is 5.81. The van der Waals surface area contributed by atoms with Crippen molar-refractivity contribution in [3.8, 4) is 0 Å². The topological polar surface area (TPSA) is 72.5 Å². The Morgan fingerprint density at radius 3 is 2.70 bits per heavy atom. The summed E-state index contributed by atoms with van der Waals surface area (Å²) in [5.74, 6) is -0.885. The molecule has 0 aliphatic carbocycles. The summed E-state index contributed by atoms with van der Waals surface area (Å²) >= 11 is 0. The molecule has 1 aromatic carbocycles. The molecule has 0 saturated carbocycles. The van der Waals surface area contributed by atoms with E-state index in [1.54, 1.807) is 0 Å². The van der Waals surface area contributed by atoms with Gasteiger partial charge < -0.3 is 15.6 Å². The summed E-state index contributed by atoms with van der Waals surface area (Å²) in [6.45, 7) is 5.20. The molecular formula is C16H25NO3. The van der Waals surface area contributed by atoms with Gasteiger partial charge in [-0.2, -0.15) is 0 Å². The number of carboxylic acids is 1. The highest BCUT2D eigenvalue weighted by atomic mass is 16.5. The Balaban J connectivity index is 2.84. The van der Waals surface area contributed by atoms with E-state index in [9.17, 15) is 9.90 Å². The number of nitrogens with two attached hydrogens (primary N) is 1. The van der Waals surface area contributed by atoms with E-state index in [1.807, 2.05) is 31.2 Å². The minimum atomic E-state index is -1.06. The Morgan fingerprint density at radius 2 is 2.15 bits per heavy atom. The average molecular weight is 279 g/mol. The van der Waals surface area contributed by atoms with Gasteiger partial charge in [0.05, 0.1) is 0 Å². The van der Waals surface area contributed by atoms with Gasteiger partial charge in [-0.1, -0.05) is 43.2 Å². The van der Waals surface area contributed by atoms with E-state index in [0.717, 1.165) is 24.0 Å². The van der Waals surface area contributed by atoms with Crippen molar-refractivity contribution in [2.75, 3.05) is 19.8 Å². The number of carboxylic acid groups (broad SMARTS) is 1. The average Bonchev–Trinajstić information content (AvgIpc) is 2.43. The number of ether oxygens (including phenoxy) is 1. The summed E-state index contributed by atoms with van der Waals surface area (Å²) in [5.41, 5.74) is 6.53. The maximum absolute atomic E-state index is 11.7. The second-order valence-corrected chi connectivity index (χ2v) is 5.18. The molecule has 112 valence electrons. The van der Waals surface area contributed by atoms with Crippen LogP contribution in [0.15, 0.2) is 24.3 Å². The van der Waals surface area contributed by atoms with Crippen LogP contribution in [0.2, 0.25) is 0 Å². The van der Waals surface area contributed by atoms with Crippen LogP contribution < -0.4 is 5.73 Å². The first-order valence-electron chi connectivity index (χ1n) is 7.15. The lowest BCUT2D eigenvalue weighted by atomic mass is 9.77. The molecule has 0 spiro atoms. The first kappa shape index (κ1) is 16.7. The predicted molar refractivity (Wildman–Crippen MR) is 79.9 cm³/mol. The van der Waals surface area contributed by atoms with Crippen LogP contribution >= 0.6 is 0 Å². The van der Waals surface area contributed by atoms with Crippen molar-refractivity contribution in [3.05, 3.63) is 35.4 Å². The van der Waals surface area contributed by atoms with Gasteiger partial charge in [-0.15, -0.1) is 0 Å². The molecule has 1 aromatic rings. The number of aryl methyl sites for hydroxylation is 1. The van der Waals surface area contributed by atoms with Crippen LogP contribution in [-0.2, 0) is 14.9 Å². The maximum atomic E-state index is 11.7. The molecule has 1 rings (SSSR count). The third kappa shape index (κ3) is 4.05. The van der Waals surface area contributed by atoms with Crippen LogP contribution in [0, 0.1) is 6.92 Å². The van der Waals surface area contributed by atoms with Crippen LogP contribution in [0.3, 0.4) is 0 Å². The second-order valence-electron chi connectivity index (χ2n) is 5.18.